The molecule has 2 aromatic carbocycles. The first-order chi connectivity index (χ1) is 7.74. The molecule has 0 atom stereocenters. The van der Waals surface area contributed by atoms with Gasteiger partial charge in [0.25, 0.3) is 0 Å². The van der Waals surface area contributed by atoms with Crippen LogP contribution in [0.1, 0.15) is 5.56 Å². The maximum Gasteiger partial charge on any atom is 0.489 e. The fourth-order valence-electron chi connectivity index (χ4n) is 1.97. The molecule has 4 heteroatoms. The monoisotopic (exact) mass is 278 g/mol. The van der Waals surface area contributed by atoms with Crippen LogP contribution in [0.3, 0.4) is 0 Å². The van der Waals surface area contributed by atoms with Gasteiger partial charge < -0.3 is 10.0 Å². The van der Waals surface area contributed by atoms with Gasteiger partial charge in [-0.1, -0.05) is 52.3 Å². The molecule has 2 N–H and O–H groups in total. The number of aryl methyl sites for hydroxylation is 1. The number of rotatable bonds is 3. The third kappa shape index (κ3) is 2.14. The van der Waals surface area contributed by atoms with Gasteiger partial charge >= 0.3 is 7.12 Å². The highest BCUT2D eigenvalue weighted by molar-refractivity contribution is 9.09. The second-order valence-electron chi connectivity index (χ2n) is 3.67. The van der Waals surface area contributed by atoms with Crippen LogP contribution in [0.2, 0.25) is 0 Å². The molecule has 0 radical (unpaired) electrons. The molecule has 0 fully saturated rings. The minimum absolute atomic E-state index is 0.623. The smallest absolute Gasteiger partial charge is 0.423 e. The van der Waals surface area contributed by atoms with Crippen LogP contribution in [0.25, 0.3) is 10.8 Å². The molecule has 2 rings (SSSR count). The van der Waals surface area contributed by atoms with Crippen molar-refractivity contribution in [3.63, 3.8) is 0 Å². The van der Waals surface area contributed by atoms with E-state index < -0.39 is 7.12 Å². The van der Waals surface area contributed by atoms with Crippen LogP contribution in [-0.2, 0) is 6.42 Å². The zero-order valence-corrected chi connectivity index (χ0v) is 10.3. The van der Waals surface area contributed by atoms with Crippen LogP contribution in [-0.4, -0.2) is 22.5 Å². The maximum atomic E-state index is 9.47. The second kappa shape index (κ2) is 5.00. The van der Waals surface area contributed by atoms with Crippen LogP contribution in [0.15, 0.2) is 36.4 Å². The lowest BCUT2D eigenvalue weighted by Crippen LogP contribution is -2.34. The van der Waals surface area contributed by atoms with E-state index in [1.54, 1.807) is 0 Å². The molecule has 0 heterocycles. The van der Waals surface area contributed by atoms with Gasteiger partial charge in [0, 0.05) is 5.33 Å². The fraction of sp³-hybridized carbons (Fsp3) is 0.167. The van der Waals surface area contributed by atoms with E-state index in [-0.39, 0.29) is 0 Å². The van der Waals surface area contributed by atoms with E-state index in [9.17, 15) is 10.0 Å². The minimum Gasteiger partial charge on any atom is -0.423 e. The van der Waals surface area contributed by atoms with Gasteiger partial charge in [-0.3, -0.25) is 0 Å². The summed E-state index contributed by atoms with van der Waals surface area (Å²) in [6.45, 7) is 0. The van der Waals surface area contributed by atoms with Gasteiger partial charge in [0.1, 0.15) is 0 Å². The number of hydrogen-bond acceptors (Lipinski definition) is 2. The minimum atomic E-state index is -1.42. The molecular formula is C12H12BBrO2. The fourth-order valence-corrected chi connectivity index (χ4v) is 2.39. The predicted octanol–water partition coefficient (Wildman–Crippen LogP) is 1.46. The molecule has 0 aliphatic rings. The zero-order valence-electron chi connectivity index (χ0n) is 8.73. The van der Waals surface area contributed by atoms with Crippen molar-refractivity contribution in [3.05, 3.63) is 42.0 Å². The molecule has 0 amide bonds. The van der Waals surface area contributed by atoms with Crippen molar-refractivity contribution in [3.8, 4) is 0 Å². The Morgan fingerprint density at radius 1 is 1.06 bits per heavy atom. The van der Waals surface area contributed by atoms with E-state index in [1.165, 1.54) is 0 Å². The van der Waals surface area contributed by atoms with Gasteiger partial charge in [-0.25, -0.2) is 0 Å². The molecule has 16 heavy (non-hydrogen) atoms. The molecule has 0 aliphatic heterocycles. The average Bonchev–Trinajstić information content (AvgIpc) is 2.28. The van der Waals surface area contributed by atoms with E-state index in [4.69, 9.17) is 0 Å². The summed E-state index contributed by atoms with van der Waals surface area (Å²) in [5, 5.41) is 21.7. The molecule has 0 saturated carbocycles. The lowest BCUT2D eigenvalue weighted by atomic mass is 9.73. The summed E-state index contributed by atoms with van der Waals surface area (Å²) < 4.78 is 0. The van der Waals surface area contributed by atoms with Crippen molar-refractivity contribution < 1.29 is 10.0 Å². The number of fused-ring (bicyclic) bond motifs is 1. The van der Waals surface area contributed by atoms with Crippen molar-refractivity contribution >= 4 is 39.3 Å². The highest BCUT2D eigenvalue weighted by atomic mass is 79.9. The lowest BCUT2D eigenvalue weighted by molar-refractivity contribution is 0.426. The van der Waals surface area contributed by atoms with Crippen molar-refractivity contribution in [2.24, 2.45) is 0 Å². The molecule has 82 valence electrons. The highest BCUT2D eigenvalue weighted by Crippen LogP contribution is 2.15. The van der Waals surface area contributed by atoms with E-state index >= 15 is 0 Å². The summed E-state index contributed by atoms with van der Waals surface area (Å²) in [6.07, 6.45) is 0.789. The summed E-state index contributed by atoms with van der Waals surface area (Å²) in [5.74, 6) is 0. The summed E-state index contributed by atoms with van der Waals surface area (Å²) in [4.78, 5) is 0. The molecule has 0 spiro atoms. The Morgan fingerprint density at radius 3 is 2.50 bits per heavy atom. The second-order valence-corrected chi connectivity index (χ2v) is 4.47. The Bertz CT molecular complexity index is 499. The summed E-state index contributed by atoms with van der Waals surface area (Å²) >= 11 is 3.37. The molecule has 0 bridgehead atoms. The van der Waals surface area contributed by atoms with Crippen LogP contribution >= 0.6 is 15.9 Å². The standard InChI is InChI=1S/C12H12BBrO2/c14-8-7-10-6-5-9-3-1-2-4-11(9)12(10)13(15)16/h1-6,15-16H,7-8H2. The summed E-state index contributed by atoms with van der Waals surface area (Å²) in [7, 11) is -1.42. The third-order valence-corrected chi connectivity index (χ3v) is 3.08. The molecule has 0 unspecified atom stereocenters. The van der Waals surface area contributed by atoms with Gasteiger partial charge in [-0.05, 0) is 28.2 Å². The molecule has 0 aromatic heterocycles. The lowest BCUT2D eigenvalue weighted by Gasteiger charge is -2.11. The number of alkyl halides is 1. The van der Waals surface area contributed by atoms with Crippen LogP contribution < -0.4 is 5.46 Å². The molecule has 2 aromatic rings. The highest BCUT2D eigenvalue weighted by Gasteiger charge is 2.18. The van der Waals surface area contributed by atoms with Crippen LogP contribution in [0.4, 0.5) is 0 Å². The maximum absolute atomic E-state index is 9.47. The SMILES string of the molecule is OB(O)c1c(CCBr)ccc2ccccc12. The Hall–Kier alpha value is -0.835. The average molecular weight is 279 g/mol. The topological polar surface area (TPSA) is 40.5 Å². The summed E-state index contributed by atoms with van der Waals surface area (Å²) in [6, 6.07) is 11.7. The van der Waals surface area contributed by atoms with Gasteiger partial charge in [0.2, 0.25) is 0 Å². The van der Waals surface area contributed by atoms with E-state index in [2.05, 4.69) is 15.9 Å². The zero-order chi connectivity index (χ0) is 11.5. The van der Waals surface area contributed by atoms with Crippen molar-refractivity contribution in [1.29, 1.82) is 0 Å². The predicted molar refractivity (Wildman–Crippen MR) is 71.3 cm³/mol. The van der Waals surface area contributed by atoms with E-state index in [1.807, 2.05) is 36.4 Å². The number of hydrogen-bond donors (Lipinski definition) is 2. The first kappa shape index (κ1) is 11.6. The normalized spacial score (nSPS) is 10.7. The number of halogens is 1. The van der Waals surface area contributed by atoms with Gasteiger partial charge in [0.05, 0.1) is 0 Å². The van der Waals surface area contributed by atoms with Gasteiger partial charge in [-0.15, -0.1) is 0 Å². The quantitative estimate of drug-likeness (QED) is 0.659. The molecular weight excluding hydrogens is 267 g/mol. The van der Waals surface area contributed by atoms with Crippen molar-refractivity contribution in [2.75, 3.05) is 5.33 Å². The number of benzene rings is 2. The van der Waals surface area contributed by atoms with E-state index in [0.717, 1.165) is 28.1 Å². The van der Waals surface area contributed by atoms with Crippen molar-refractivity contribution in [2.45, 2.75) is 6.42 Å². The Labute approximate surface area is 103 Å². The van der Waals surface area contributed by atoms with Gasteiger partial charge in [0.15, 0.2) is 0 Å². The molecule has 2 nitrogen and oxygen atoms in total. The van der Waals surface area contributed by atoms with Gasteiger partial charge in [-0.2, -0.15) is 0 Å². The molecule has 0 saturated heterocycles. The first-order valence-corrected chi connectivity index (χ1v) is 6.29. The molecule has 0 aliphatic carbocycles. The first-order valence-electron chi connectivity index (χ1n) is 5.16. The Balaban J connectivity index is 2.69. The third-order valence-electron chi connectivity index (χ3n) is 2.68. The van der Waals surface area contributed by atoms with Crippen LogP contribution in [0, 0.1) is 0 Å². The largest absolute Gasteiger partial charge is 0.489 e. The summed E-state index contributed by atoms with van der Waals surface area (Å²) in [5.41, 5.74) is 1.60. The Morgan fingerprint density at radius 2 is 1.81 bits per heavy atom. The van der Waals surface area contributed by atoms with Crippen molar-refractivity contribution in [1.82, 2.24) is 0 Å². The van der Waals surface area contributed by atoms with Crippen LogP contribution in [0.5, 0.6) is 0 Å². The van der Waals surface area contributed by atoms with E-state index in [0.29, 0.717) is 5.46 Å². The Kier molecular flexibility index (Phi) is 3.64.